The molecule has 2 amide bonds. The van der Waals surface area contributed by atoms with E-state index in [1.165, 1.54) is 22.3 Å². The number of ether oxygens (including phenoxy) is 1. The summed E-state index contributed by atoms with van der Waals surface area (Å²) >= 11 is 6.12. The molecule has 0 saturated carbocycles. The number of methoxy groups -OCH3 is 1. The quantitative estimate of drug-likeness (QED) is 0.452. The summed E-state index contributed by atoms with van der Waals surface area (Å²) in [4.78, 5) is 17.8. The van der Waals surface area contributed by atoms with E-state index in [0.717, 1.165) is 43.9 Å². The lowest BCUT2D eigenvalue weighted by molar-refractivity contribution is 0.160. The van der Waals surface area contributed by atoms with Gasteiger partial charge in [-0.05, 0) is 87.3 Å². The minimum absolute atomic E-state index is 0.0748. The van der Waals surface area contributed by atoms with Crippen LogP contribution in [0.25, 0.3) is 0 Å². The van der Waals surface area contributed by atoms with Crippen molar-refractivity contribution in [2.75, 3.05) is 37.0 Å². The number of urea groups is 1. The molecular formula is C29H32ClN3O2. The Morgan fingerprint density at radius 2 is 1.77 bits per heavy atom. The summed E-state index contributed by atoms with van der Waals surface area (Å²) in [6.07, 6.45) is 2.00. The first-order chi connectivity index (χ1) is 16.8. The summed E-state index contributed by atoms with van der Waals surface area (Å²) in [5.41, 5.74) is 6.79. The van der Waals surface area contributed by atoms with Gasteiger partial charge in [0, 0.05) is 34.9 Å². The maximum atomic E-state index is 13.4. The van der Waals surface area contributed by atoms with E-state index < -0.39 is 0 Å². The molecule has 35 heavy (non-hydrogen) atoms. The first-order valence-corrected chi connectivity index (χ1v) is 12.6. The summed E-state index contributed by atoms with van der Waals surface area (Å²) in [7, 11) is 1.69. The van der Waals surface area contributed by atoms with Crippen molar-refractivity contribution in [1.82, 2.24) is 4.90 Å². The molecule has 5 rings (SSSR count). The fraction of sp³-hybridized carbons (Fsp3) is 0.345. The zero-order valence-electron chi connectivity index (χ0n) is 20.6. The molecule has 6 heteroatoms. The summed E-state index contributed by atoms with van der Waals surface area (Å²) in [6.45, 7) is 7.93. The largest absolute Gasteiger partial charge is 0.497 e. The fourth-order valence-corrected chi connectivity index (χ4v) is 5.89. The van der Waals surface area contributed by atoms with Crippen molar-refractivity contribution in [3.8, 4) is 5.75 Å². The van der Waals surface area contributed by atoms with Gasteiger partial charge in [0.2, 0.25) is 0 Å². The molecule has 182 valence electrons. The monoisotopic (exact) mass is 489 g/mol. The number of halogens is 1. The minimum Gasteiger partial charge on any atom is -0.497 e. The lowest BCUT2D eigenvalue weighted by atomic mass is 9.74. The molecule has 1 spiro atoms. The van der Waals surface area contributed by atoms with Gasteiger partial charge in [-0.1, -0.05) is 47.0 Å². The topological polar surface area (TPSA) is 44.8 Å². The highest BCUT2D eigenvalue weighted by atomic mass is 35.5. The third-order valence-corrected chi connectivity index (χ3v) is 7.58. The average Bonchev–Trinajstić information content (AvgIpc) is 3.13. The standard InChI is InChI=1S/C29H32ClN3O2/c1-20-13-21(2)15-22(14-20)18-32-11-9-29(10-12-32)19-33(27-8-7-25(35-3)17-26(27)29)28(34)31-24-6-4-5-23(30)16-24/h4-8,13-17H,9-12,18-19H2,1-3H3,(H,31,34). The van der Waals surface area contributed by atoms with Crippen molar-refractivity contribution in [1.29, 1.82) is 0 Å². The third-order valence-electron chi connectivity index (χ3n) is 7.35. The second-order valence-corrected chi connectivity index (χ2v) is 10.4. The Morgan fingerprint density at radius 3 is 2.46 bits per heavy atom. The van der Waals surface area contributed by atoms with Gasteiger partial charge in [-0.3, -0.25) is 9.80 Å². The fourth-order valence-electron chi connectivity index (χ4n) is 5.70. The van der Waals surface area contributed by atoms with E-state index in [9.17, 15) is 4.79 Å². The molecule has 0 unspecified atom stereocenters. The molecule has 2 aliphatic heterocycles. The Kier molecular flexibility index (Phi) is 6.47. The van der Waals surface area contributed by atoms with Crippen LogP contribution in [-0.4, -0.2) is 37.7 Å². The van der Waals surface area contributed by atoms with Gasteiger partial charge in [-0.2, -0.15) is 0 Å². The van der Waals surface area contributed by atoms with Gasteiger partial charge in [-0.25, -0.2) is 4.79 Å². The highest BCUT2D eigenvalue weighted by Crippen LogP contribution is 2.48. The molecule has 2 heterocycles. The molecule has 1 fully saturated rings. The van der Waals surface area contributed by atoms with Crippen molar-refractivity contribution in [3.63, 3.8) is 0 Å². The first kappa shape index (κ1) is 23.7. The number of likely N-dealkylation sites (tertiary alicyclic amines) is 1. The number of piperidine rings is 1. The zero-order chi connectivity index (χ0) is 24.6. The Hall–Kier alpha value is -3.02. The maximum Gasteiger partial charge on any atom is 0.326 e. The minimum atomic E-state index is -0.131. The number of anilines is 2. The average molecular weight is 490 g/mol. The number of amides is 2. The smallest absolute Gasteiger partial charge is 0.326 e. The summed E-state index contributed by atoms with van der Waals surface area (Å²) in [5.74, 6) is 0.831. The SMILES string of the molecule is COc1ccc2c(c1)C1(CCN(Cc3cc(C)cc(C)c3)CC1)CN2C(=O)Nc1cccc(Cl)c1. The van der Waals surface area contributed by atoms with Gasteiger partial charge < -0.3 is 10.1 Å². The van der Waals surface area contributed by atoms with Gasteiger partial charge in [0.1, 0.15) is 5.75 Å². The van der Waals surface area contributed by atoms with Crippen molar-refractivity contribution < 1.29 is 9.53 Å². The van der Waals surface area contributed by atoms with Crippen LogP contribution in [-0.2, 0) is 12.0 Å². The molecule has 0 aromatic heterocycles. The van der Waals surface area contributed by atoms with Crippen LogP contribution in [0.3, 0.4) is 0 Å². The summed E-state index contributed by atoms with van der Waals surface area (Å²) in [5, 5.41) is 3.63. The number of nitrogens with zero attached hydrogens (tertiary/aromatic N) is 2. The Labute approximate surface area is 212 Å². The summed E-state index contributed by atoms with van der Waals surface area (Å²) < 4.78 is 5.56. The van der Waals surface area contributed by atoms with Crippen LogP contribution >= 0.6 is 11.6 Å². The lowest BCUT2D eigenvalue weighted by Gasteiger charge is -2.40. The van der Waals surface area contributed by atoms with E-state index in [0.29, 0.717) is 17.3 Å². The highest BCUT2D eigenvalue weighted by Gasteiger charge is 2.46. The zero-order valence-corrected chi connectivity index (χ0v) is 21.4. The number of benzene rings is 3. The maximum absolute atomic E-state index is 13.4. The molecular weight excluding hydrogens is 458 g/mol. The van der Waals surface area contributed by atoms with Crippen molar-refractivity contribution in [2.24, 2.45) is 0 Å². The first-order valence-electron chi connectivity index (χ1n) is 12.2. The molecule has 5 nitrogen and oxygen atoms in total. The van der Waals surface area contributed by atoms with Gasteiger partial charge in [0.25, 0.3) is 0 Å². The van der Waals surface area contributed by atoms with Crippen molar-refractivity contribution >= 4 is 29.0 Å². The molecule has 0 bridgehead atoms. The molecule has 3 aromatic carbocycles. The van der Waals surface area contributed by atoms with Gasteiger partial charge in [0.05, 0.1) is 7.11 Å². The number of hydrogen-bond acceptors (Lipinski definition) is 3. The number of fused-ring (bicyclic) bond motifs is 2. The van der Waals surface area contributed by atoms with Crippen molar-refractivity contribution in [2.45, 2.75) is 38.6 Å². The third kappa shape index (κ3) is 4.89. The van der Waals surface area contributed by atoms with Crippen LogP contribution in [0.5, 0.6) is 5.75 Å². The molecule has 1 saturated heterocycles. The van der Waals surface area contributed by atoms with Gasteiger partial charge >= 0.3 is 6.03 Å². The van der Waals surface area contributed by atoms with Crippen LogP contribution < -0.4 is 15.0 Å². The van der Waals surface area contributed by atoms with Crippen LogP contribution in [0.4, 0.5) is 16.2 Å². The van der Waals surface area contributed by atoms with Crippen LogP contribution in [0, 0.1) is 13.8 Å². The number of carbonyl (C=O) groups excluding carboxylic acids is 1. The molecule has 3 aromatic rings. The van der Waals surface area contributed by atoms with E-state index >= 15 is 0 Å². The van der Waals surface area contributed by atoms with E-state index in [-0.39, 0.29) is 11.4 Å². The van der Waals surface area contributed by atoms with E-state index in [1.807, 2.05) is 29.2 Å². The highest BCUT2D eigenvalue weighted by molar-refractivity contribution is 6.30. The van der Waals surface area contributed by atoms with Gasteiger partial charge in [-0.15, -0.1) is 0 Å². The van der Waals surface area contributed by atoms with Gasteiger partial charge in [0.15, 0.2) is 0 Å². The number of carbonyl (C=O) groups is 1. The molecule has 0 aliphatic carbocycles. The van der Waals surface area contributed by atoms with Crippen LogP contribution in [0.1, 0.15) is 35.1 Å². The lowest BCUT2D eigenvalue weighted by Crippen LogP contribution is -2.46. The van der Waals surface area contributed by atoms with E-state index in [2.05, 4.69) is 48.3 Å². The number of hydrogen-bond donors (Lipinski definition) is 1. The Bertz CT molecular complexity index is 1230. The number of nitrogens with one attached hydrogen (secondary N) is 1. The predicted molar refractivity (Wildman–Crippen MR) is 143 cm³/mol. The van der Waals surface area contributed by atoms with Crippen LogP contribution in [0.15, 0.2) is 60.7 Å². The van der Waals surface area contributed by atoms with Crippen LogP contribution in [0.2, 0.25) is 5.02 Å². The molecule has 0 atom stereocenters. The number of aryl methyl sites for hydroxylation is 2. The molecule has 0 radical (unpaired) electrons. The molecule has 1 N–H and O–H groups in total. The summed E-state index contributed by atoms with van der Waals surface area (Å²) in [6, 6.07) is 20.0. The predicted octanol–water partition coefficient (Wildman–Crippen LogP) is 6.55. The van der Waals surface area contributed by atoms with E-state index in [1.54, 1.807) is 19.2 Å². The number of rotatable bonds is 4. The second kappa shape index (κ2) is 9.56. The van der Waals surface area contributed by atoms with E-state index in [4.69, 9.17) is 16.3 Å². The second-order valence-electron chi connectivity index (χ2n) is 9.96. The normalized spacial score (nSPS) is 16.9. The molecule has 2 aliphatic rings. The Morgan fingerprint density at radius 1 is 1.03 bits per heavy atom. The Balaban J connectivity index is 1.36. The van der Waals surface area contributed by atoms with Crippen molar-refractivity contribution in [3.05, 3.63) is 87.9 Å².